The zero-order valence-electron chi connectivity index (χ0n) is 9.69. The molecule has 0 heterocycles. The average molecular weight is 251 g/mol. The lowest BCUT2D eigenvalue weighted by molar-refractivity contribution is 0.0693. The SMILES string of the molecule is Nc1ccc(C(=O)O)c(SC2CCCCC2)c1. The minimum absolute atomic E-state index is 0.370. The van der Waals surface area contributed by atoms with E-state index in [-0.39, 0.29) is 0 Å². The molecule has 1 aromatic carbocycles. The number of nitrogen functional groups attached to an aromatic ring is 1. The van der Waals surface area contributed by atoms with Gasteiger partial charge in [-0.1, -0.05) is 19.3 Å². The average Bonchev–Trinajstić information content (AvgIpc) is 2.30. The number of carboxylic acids is 1. The first-order valence-corrected chi connectivity index (χ1v) is 6.84. The van der Waals surface area contributed by atoms with E-state index in [2.05, 4.69) is 0 Å². The van der Waals surface area contributed by atoms with Crippen LogP contribution in [0.1, 0.15) is 42.5 Å². The summed E-state index contributed by atoms with van der Waals surface area (Å²) in [6.07, 6.45) is 6.17. The number of benzene rings is 1. The van der Waals surface area contributed by atoms with Gasteiger partial charge in [-0.15, -0.1) is 11.8 Å². The Hall–Kier alpha value is -1.16. The van der Waals surface area contributed by atoms with Crippen molar-refractivity contribution in [1.29, 1.82) is 0 Å². The maximum absolute atomic E-state index is 11.1. The van der Waals surface area contributed by atoms with Crippen LogP contribution < -0.4 is 5.73 Å². The second-order valence-electron chi connectivity index (χ2n) is 4.44. The van der Waals surface area contributed by atoms with Crippen LogP contribution >= 0.6 is 11.8 Å². The predicted molar refractivity (Wildman–Crippen MR) is 70.5 cm³/mol. The van der Waals surface area contributed by atoms with Gasteiger partial charge < -0.3 is 10.8 Å². The Morgan fingerprint density at radius 1 is 1.29 bits per heavy atom. The Bertz CT molecular complexity index is 414. The lowest BCUT2D eigenvalue weighted by atomic mass is 10.0. The molecule has 0 saturated heterocycles. The van der Waals surface area contributed by atoms with Crippen molar-refractivity contribution in [2.75, 3.05) is 5.73 Å². The van der Waals surface area contributed by atoms with Gasteiger partial charge in [0, 0.05) is 15.8 Å². The lowest BCUT2D eigenvalue weighted by Crippen LogP contribution is -2.09. The highest BCUT2D eigenvalue weighted by atomic mass is 32.2. The van der Waals surface area contributed by atoms with Crippen LogP contribution in [0.3, 0.4) is 0 Å². The van der Waals surface area contributed by atoms with Crippen LogP contribution in [0.4, 0.5) is 5.69 Å². The van der Waals surface area contributed by atoms with Gasteiger partial charge in [-0.25, -0.2) is 4.79 Å². The molecule has 0 amide bonds. The van der Waals surface area contributed by atoms with Gasteiger partial charge in [0.05, 0.1) is 5.56 Å². The van der Waals surface area contributed by atoms with Gasteiger partial charge in [-0.05, 0) is 31.0 Å². The molecular formula is C13H17NO2S. The van der Waals surface area contributed by atoms with E-state index in [4.69, 9.17) is 10.8 Å². The molecule has 0 aromatic heterocycles. The summed E-state index contributed by atoms with van der Waals surface area (Å²) in [6.45, 7) is 0. The summed E-state index contributed by atoms with van der Waals surface area (Å²) in [4.78, 5) is 11.9. The van der Waals surface area contributed by atoms with Gasteiger partial charge in [-0.2, -0.15) is 0 Å². The third-order valence-electron chi connectivity index (χ3n) is 3.08. The summed E-state index contributed by atoms with van der Waals surface area (Å²) in [7, 11) is 0. The van der Waals surface area contributed by atoms with Crippen molar-refractivity contribution in [1.82, 2.24) is 0 Å². The normalized spacial score (nSPS) is 16.9. The van der Waals surface area contributed by atoms with Gasteiger partial charge in [0.2, 0.25) is 0 Å². The molecule has 1 fully saturated rings. The van der Waals surface area contributed by atoms with Crippen LogP contribution in [0.5, 0.6) is 0 Å². The minimum atomic E-state index is -0.872. The Labute approximate surface area is 105 Å². The highest BCUT2D eigenvalue weighted by Gasteiger charge is 2.18. The molecule has 0 radical (unpaired) electrons. The van der Waals surface area contributed by atoms with Crippen LogP contribution in [0.25, 0.3) is 0 Å². The molecular weight excluding hydrogens is 234 g/mol. The molecule has 3 N–H and O–H groups in total. The van der Waals surface area contributed by atoms with E-state index in [1.807, 2.05) is 0 Å². The quantitative estimate of drug-likeness (QED) is 0.808. The van der Waals surface area contributed by atoms with E-state index in [1.165, 1.54) is 32.1 Å². The molecule has 0 spiro atoms. The van der Waals surface area contributed by atoms with Crippen molar-refractivity contribution in [2.24, 2.45) is 0 Å². The molecule has 17 heavy (non-hydrogen) atoms. The first-order chi connectivity index (χ1) is 8.16. The Balaban J connectivity index is 2.17. The summed E-state index contributed by atoms with van der Waals surface area (Å²) in [5.41, 5.74) is 6.73. The van der Waals surface area contributed by atoms with Crippen molar-refractivity contribution in [3.8, 4) is 0 Å². The van der Waals surface area contributed by atoms with Crippen molar-refractivity contribution in [3.05, 3.63) is 23.8 Å². The molecule has 4 heteroatoms. The Kier molecular flexibility index (Phi) is 3.94. The zero-order chi connectivity index (χ0) is 12.3. The van der Waals surface area contributed by atoms with E-state index >= 15 is 0 Å². The molecule has 2 rings (SSSR count). The van der Waals surface area contributed by atoms with E-state index in [0.717, 1.165) is 4.90 Å². The number of anilines is 1. The number of aromatic carboxylic acids is 1. The maximum atomic E-state index is 11.1. The van der Waals surface area contributed by atoms with E-state index in [9.17, 15) is 4.79 Å². The van der Waals surface area contributed by atoms with Gasteiger partial charge in [0.15, 0.2) is 0 Å². The lowest BCUT2D eigenvalue weighted by Gasteiger charge is -2.21. The predicted octanol–water partition coefficient (Wildman–Crippen LogP) is 3.39. The van der Waals surface area contributed by atoms with Crippen molar-refractivity contribution in [3.63, 3.8) is 0 Å². The molecule has 1 aliphatic rings. The van der Waals surface area contributed by atoms with Crippen LogP contribution in [0, 0.1) is 0 Å². The summed E-state index contributed by atoms with van der Waals surface area (Å²) >= 11 is 1.67. The summed E-state index contributed by atoms with van der Waals surface area (Å²) in [5, 5.41) is 9.68. The monoisotopic (exact) mass is 251 g/mol. The highest BCUT2D eigenvalue weighted by Crippen LogP contribution is 2.36. The van der Waals surface area contributed by atoms with Crippen molar-refractivity contribution in [2.45, 2.75) is 42.2 Å². The first-order valence-electron chi connectivity index (χ1n) is 5.96. The Morgan fingerprint density at radius 3 is 2.65 bits per heavy atom. The van der Waals surface area contributed by atoms with Gasteiger partial charge >= 0.3 is 5.97 Å². The number of carboxylic acid groups (broad SMARTS) is 1. The molecule has 1 saturated carbocycles. The van der Waals surface area contributed by atoms with Gasteiger partial charge in [-0.3, -0.25) is 0 Å². The van der Waals surface area contributed by atoms with Crippen LogP contribution in [0.15, 0.2) is 23.1 Å². The number of hydrogen-bond acceptors (Lipinski definition) is 3. The molecule has 0 bridgehead atoms. The zero-order valence-corrected chi connectivity index (χ0v) is 10.5. The summed E-state index contributed by atoms with van der Waals surface area (Å²) in [5.74, 6) is -0.872. The van der Waals surface area contributed by atoms with Crippen LogP contribution in [-0.2, 0) is 0 Å². The first kappa shape index (κ1) is 12.3. The molecule has 0 aliphatic heterocycles. The largest absolute Gasteiger partial charge is 0.478 e. The smallest absolute Gasteiger partial charge is 0.336 e. The molecule has 1 aromatic rings. The number of rotatable bonds is 3. The third-order valence-corrected chi connectivity index (χ3v) is 4.48. The van der Waals surface area contributed by atoms with Gasteiger partial charge in [0.1, 0.15) is 0 Å². The number of thioether (sulfide) groups is 1. The minimum Gasteiger partial charge on any atom is -0.478 e. The fourth-order valence-electron chi connectivity index (χ4n) is 2.18. The standard InChI is InChI=1S/C13H17NO2S/c14-9-6-7-11(13(15)16)12(8-9)17-10-4-2-1-3-5-10/h6-8,10H,1-5,14H2,(H,15,16). The van der Waals surface area contributed by atoms with Crippen LogP contribution in [-0.4, -0.2) is 16.3 Å². The number of carbonyl (C=O) groups is 1. The van der Waals surface area contributed by atoms with Gasteiger partial charge in [0.25, 0.3) is 0 Å². The molecule has 1 aliphatic carbocycles. The molecule has 0 unspecified atom stereocenters. The van der Waals surface area contributed by atoms with Crippen molar-refractivity contribution < 1.29 is 9.90 Å². The third kappa shape index (κ3) is 3.16. The van der Waals surface area contributed by atoms with E-state index in [0.29, 0.717) is 16.5 Å². The fourth-order valence-corrected chi connectivity index (χ4v) is 3.59. The van der Waals surface area contributed by atoms with Crippen molar-refractivity contribution >= 4 is 23.4 Å². The molecule has 3 nitrogen and oxygen atoms in total. The fraction of sp³-hybridized carbons (Fsp3) is 0.462. The van der Waals surface area contributed by atoms with E-state index in [1.54, 1.807) is 30.0 Å². The highest BCUT2D eigenvalue weighted by molar-refractivity contribution is 8.00. The van der Waals surface area contributed by atoms with E-state index < -0.39 is 5.97 Å². The maximum Gasteiger partial charge on any atom is 0.336 e. The number of nitrogens with two attached hydrogens (primary N) is 1. The summed E-state index contributed by atoms with van der Waals surface area (Å²) in [6, 6.07) is 5.03. The topological polar surface area (TPSA) is 63.3 Å². The molecule has 92 valence electrons. The molecule has 0 atom stereocenters. The number of hydrogen-bond donors (Lipinski definition) is 2. The Morgan fingerprint density at radius 2 is 2.00 bits per heavy atom. The van der Waals surface area contributed by atoms with Crippen LogP contribution in [0.2, 0.25) is 0 Å². The second-order valence-corrected chi connectivity index (χ2v) is 5.78. The second kappa shape index (κ2) is 5.45. The summed E-state index contributed by atoms with van der Waals surface area (Å²) < 4.78 is 0.